The predicted octanol–water partition coefficient (Wildman–Crippen LogP) is 1.95. The lowest BCUT2D eigenvalue weighted by Gasteiger charge is -2.22. The molecule has 0 amide bonds. The first-order valence-electron chi connectivity index (χ1n) is 5.10. The lowest BCUT2D eigenvalue weighted by atomic mass is 9.92. The fourth-order valence-corrected chi connectivity index (χ4v) is 1.69. The van der Waals surface area contributed by atoms with Gasteiger partial charge in [0, 0.05) is 18.8 Å². The SMILES string of the molecule is Cn1ccc(C(C)(O)c2cccc(F)c2F)n1. The number of hydrogen-bond donors (Lipinski definition) is 1. The Morgan fingerprint density at radius 2 is 2.00 bits per heavy atom. The fourth-order valence-electron chi connectivity index (χ4n) is 1.69. The molecule has 0 saturated heterocycles. The standard InChI is InChI=1S/C12H12F2N2O/c1-12(17,10-6-7-16(2)15-10)8-4-3-5-9(13)11(8)14/h3-7,17H,1-2H3. The van der Waals surface area contributed by atoms with Crippen molar-refractivity contribution in [2.45, 2.75) is 12.5 Å². The molecule has 0 aliphatic rings. The molecular formula is C12H12F2N2O. The van der Waals surface area contributed by atoms with E-state index in [9.17, 15) is 13.9 Å². The van der Waals surface area contributed by atoms with Crippen molar-refractivity contribution in [3.63, 3.8) is 0 Å². The molecule has 0 aliphatic heterocycles. The van der Waals surface area contributed by atoms with Gasteiger partial charge in [0.2, 0.25) is 0 Å². The van der Waals surface area contributed by atoms with E-state index >= 15 is 0 Å². The Labute approximate surface area is 97.3 Å². The first kappa shape index (κ1) is 11.7. The van der Waals surface area contributed by atoms with Crippen molar-refractivity contribution in [1.82, 2.24) is 9.78 Å². The molecule has 1 atom stereocenters. The summed E-state index contributed by atoms with van der Waals surface area (Å²) in [6.07, 6.45) is 1.63. The molecule has 1 heterocycles. The maximum atomic E-state index is 13.6. The normalized spacial score (nSPS) is 14.6. The van der Waals surface area contributed by atoms with Gasteiger partial charge in [-0.1, -0.05) is 12.1 Å². The van der Waals surface area contributed by atoms with Gasteiger partial charge in [-0.15, -0.1) is 0 Å². The van der Waals surface area contributed by atoms with E-state index in [0.717, 1.165) is 6.07 Å². The summed E-state index contributed by atoms with van der Waals surface area (Å²) in [5.74, 6) is -2.04. The van der Waals surface area contributed by atoms with Crippen LogP contribution in [0.1, 0.15) is 18.2 Å². The molecule has 17 heavy (non-hydrogen) atoms. The van der Waals surface area contributed by atoms with Crippen molar-refractivity contribution >= 4 is 0 Å². The summed E-state index contributed by atoms with van der Waals surface area (Å²) in [6, 6.07) is 5.26. The minimum absolute atomic E-state index is 0.129. The van der Waals surface area contributed by atoms with Gasteiger partial charge >= 0.3 is 0 Å². The van der Waals surface area contributed by atoms with Crippen LogP contribution in [0.4, 0.5) is 8.78 Å². The van der Waals surface area contributed by atoms with E-state index in [1.165, 1.54) is 23.7 Å². The summed E-state index contributed by atoms with van der Waals surface area (Å²) in [7, 11) is 1.68. The van der Waals surface area contributed by atoms with Crippen molar-refractivity contribution in [1.29, 1.82) is 0 Å². The minimum Gasteiger partial charge on any atom is -0.379 e. The van der Waals surface area contributed by atoms with Gasteiger partial charge in [0.1, 0.15) is 5.60 Å². The van der Waals surface area contributed by atoms with E-state index in [2.05, 4.69) is 5.10 Å². The van der Waals surface area contributed by atoms with Gasteiger partial charge in [-0.25, -0.2) is 8.78 Å². The highest BCUT2D eigenvalue weighted by Crippen LogP contribution is 2.30. The number of nitrogens with zero attached hydrogens (tertiary/aromatic N) is 2. The topological polar surface area (TPSA) is 38.0 Å². The summed E-state index contributed by atoms with van der Waals surface area (Å²) in [6.45, 7) is 1.38. The summed E-state index contributed by atoms with van der Waals surface area (Å²) in [5, 5.41) is 14.3. The lowest BCUT2D eigenvalue weighted by Crippen LogP contribution is -2.25. The number of aryl methyl sites for hydroxylation is 1. The molecule has 90 valence electrons. The van der Waals surface area contributed by atoms with Crippen LogP contribution in [-0.2, 0) is 12.6 Å². The van der Waals surface area contributed by atoms with E-state index in [4.69, 9.17) is 0 Å². The largest absolute Gasteiger partial charge is 0.379 e. The van der Waals surface area contributed by atoms with E-state index in [1.54, 1.807) is 19.3 Å². The summed E-state index contributed by atoms with van der Waals surface area (Å²) < 4.78 is 28.2. The van der Waals surface area contributed by atoms with Crippen LogP contribution in [0.5, 0.6) is 0 Å². The van der Waals surface area contributed by atoms with Crippen LogP contribution in [0.3, 0.4) is 0 Å². The highest BCUT2D eigenvalue weighted by molar-refractivity contribution is 5.32. The number of aromatic nitrogens is 2. The zero-order chi connectivity index (χ0) is 12.6. The molecule has 1 aromatic heterocycles. The number of halogens is 2. The van der Waals surface area contributed by atoms with E-state index in [1.807, 2.05) is 0 Å². The number of aliphatic hydroxyl groups is 1. The first-order valence-corrected chi connectivity index (χ1v) is 5.10. The van der Waals surface area contributed by atoms with Crippen LogP contribution in [0.25, 0.3) is 0 Å². The maximum absolute atomic E-state index is 13.6. The molecule has 1 unspecified atom stereocenters. The molecule has 2 aromatic rings. The molecule has 3 nitrogen and oxygen atoms in total. The smallest absolute Gasteiger partial charge is 0.165 e. The second-order valence-corrected chi connectivity index (χ2v) is 4.05. The number of benzene rings is 1. The molecule has 0 saturated carbocycles. The average Bonchev–Trinajstić information content (AvgIpc) is 2.69. The third-order valence-electron chi connectivity index (χ3n) is 2.69. The van der Waals surface area contributed by atoms with Gasteiger partial charge in [-0.2, -0.15) is 5.10 Å². The third kappa shape index (κ3) is 1.93. The Morgan fingerprint density at radius 3 is 2.59 bits per heavy atom. The summed E-state index contributed by atoms with van der Waals surface area (Å²) in [4.78, 5) is 0. The van der Waals surface area contributed by atoms with E-state index in [-0.39, 0.29) is 11.3 Å². The lowest BCUT2D eigenvalue weighted by molar-refractivity contribution is 0.0916. The molecule has 5 heteroatoms. The highest BCUT2D eigenvalue weighted by Gasteiger charge is 2.32. The van der Waals surface area contributed by atoms with E-state index in [0.29, 0.717) is 0 Å². The monoisotopic (exact) mass is 238 g/mol. The van der Waals surface area contributed by atoms with Crippen LogP contribution in [0.2, 0.25) is 0 Å². The molecular weight excluding hydrogens is 226 g/mol. The van der Waals surface area contributed by atoms with E-state index < -0.39 is 17.2 Å². The molecule has 0 bridgehead atoms. The van der Waals surface area contributed by atoms with Gasteiger partial charge in [0.15, 0.2) is 11.6 Å². The first-order chi connectivity index (χ1) is 7.93. The summed E-state index contributed by atoms with van der Waals surface area (Å²) in [5.41, 5.74) is -1.52. The minimum atomic E-state index is -1.66. The number of hydrogen-bond acceptors (Lipinski definition) is 2. The third-order valence-corrected chi connectivity index (χ3v) is 2.69. The predicted molar refractivity (Wildman–Crippen MR) is 58.2 cm³/mol. The average molecular weight is 238 g/mol. The fraction of sp³-hybridized carbons (Fsp3) is 0.250. The van der Waals surface area contributed by atoms with Crippen LogP contribution < -0.4 is 0 Å². The van der Waals surface area contributed by atoms with Crippen molar-refractivity contribution in [2.24, 2.45) is 7.05 Å². The second-order valence-electron chi connectivity index (χ2n) is 4.05. The van der Waals surface area contributed by atoms with Gasteiger partial charge in [-0.05, 0) is 19.1 Å². The zero-order valence-corrected chi connectivity index (χ0v) is 9.48. The van der Waals surface area contributed by atoms with Crippen molar-refractivity contribution < 1.29 is 13.9 Å². The Bertz CT molecular complexity index is 549. The Balaban J connectivity index is 2.55. The highest BCUT2D eigenvalue weighted by atomic mass is 19.2. The van der Waals surface area contributed by atoms with Crippen molar-refractivity contribution in [2.75, 3.05) is 0 Å². The molecule has 2 rings (SSSR count). The van der Waals surface area contributed by atoms with Crippen LogP contribution in [-0.4, -0.2) is 14.9 Å². The van der Waals surface area contributed by atoms with Crippen LogP contribution >= 0.6 is 0 Å². The second kappa shape index (κ2) is 3.92. The number of rotatable bonds is 2. The van der Waals surface area contributed by atoms with Gasteiger partial charge in [-0.3, -0.25) is 4.68 Å². The Hall–Kier alpha value is -1.75. The molecule has 0 aliphatic carbocycles. The molecule has 0 fully saturated rings. The Kier molecular flexibility index (Phi) is 2.71. The quantitative estimate of drug-likeness (QED) is 0.868. The maximum Gasteiger partial charge on any atom is 0.165 e. The molecule has 0 radical (unpaired) electrons. The molecule has 1 aromatic carbocycles. The summed E-state index contributed by atoms with van der Waals surface area (Å²) >= 11 is 0. The zero-order valence-electron chi connectivity index (χ0n) is 9.48. The van der Waals surface area contributed by atoms with Crippen molar-refractivity contribution in [3.8, 4) is 0 Å². The molecule has 0 spiro atoms. The van der Waals surface area contributed by atoms with Gasteiger partial charge in [0.05, 0.1) is 5.69 Å². The van der Waals surface area contributed by atoms with Crippen LogP contribution in [0.15, 0.2) is 30.5 Å². The van der Waals surface area contributed by atoms with Crippen molar-refractivity contribution in [3.05, 3.63) is 53.4 Å². The Morgan fingerprint density at radius 1 is 1.29 bits per heavy atom. The van der Waals surface area contributed by atoms with Crippen LogP contribution in [0, 0.1) is 11.6 Å². The molecule has 1 N–H and O–H groups in total. The van der Waals surface area contributed by atoms with Gasteiger partial charge in [0.25, 0.3) is 0 Å². The van der Waals surface area contributed by atoms with Gasteiger partial charge < -0.3 is 5.11 Å².